The van der Waals surface area contributed by atoms with Crippen LogP contribution in [-0.2, 0) is 0 Å². The summed E-state index contributed by atoms with van der Waals surface area (Å²) in [7, 11) is 0. The monoisotopic (exact) mass is 231 g/mol. The number of anilines is 2. The molecule has 1 amide bonds. The van der Waals surface area contributed by atoms with Crippen molar-refractivity contribution < 1.29 is 9.18 Å². The predicted octanol–water partition coefficient (Wildman–Crippen LogP) is 2.06. The van der Waals surface area contributed by atoms with Gasteiger partial charge in [0.05, 0.1) is 11.4 Å². The van der Waals surface area contributed by atoms with Gasteiger partial charge in [0, 0.05) is 6.20 Å². The molecule has 0 aliphatic heterocycles. The van der Waals surface area contributed by atoms with Gasteiger partial charge in [-0.25, -0.2) is 4.39 Å². The number of rotatable bonds is 2. The summed E-state index contributed by atoms with van der Waals surface area (Å²) in [4.78, 5) is 15.6. The fourth-order valence-electron chi connectivity index (χ4n) is 1.33. The number of nitrogens with zero attached hydrogens (tertiary/aromatic N) is 1. The Labute approximate surface area is 97.3 Å². The maximum atomic E-state index is 12.8. The lowest BCUT2D eigenvalue weighted by molar-refractivity contribution is 0.102. The Morgan fingerprint density at radius 3 is 2.76 bits per heavy atom. The third kappa shape index (κ3) is 2.57. The normalized spacial score (nSPS) is 9.94. The second-order valence-corrected chi connectivity index (χ2v) is 3.40. The number of hydrogen-bond acceptors (Lipinski definition) is 3. The Balaban J connectivity index is 2.19. The van der Waals surface area contributed by atoms with Crippen LogP contribution in [0.4, 0.5) is 15.8 Å². The minimum atomic E-state index is -0.446. The van der Waals surface area contributed by atoms with Crippen LogP contribution in [0.1, 0.15) is 10.5 Å². The lowest BCUT2D eigenvalue weighted by atomic mass is 10.2. The van der Waals surface area contributed by atoms with Crippen LogP contribution >= 0.6 is 0 Å². The fourth-order valence-corrected chi connectivity index (χ4v) is 1.33. The van der Waals surface area contributed by atoms with Crippen molar-refractivity contribution in [3.05, 3.63) is 54.1 Å². The number of nitrogen functional groups attached to an aromatic ring is 1. The second-order valence-electron chi connectivity index (χ2n) is 3.40. The molecule has 4 nitrogen and oxygen atoms in total. The van der Waals surface area contributed by atoms with Gasteiger partial charge in [-0.2, -0.15) is 0 Å². The highest BCUT2D eigenvalue weighted by Crippen LogP contribution is 2.19. The van der Waals surface area contributed by atoms with E-state index in [-0.39, 0.29) is 17.3 Å². The van der Waals surface area contributed by atoms with E-state index in [9.17, 15) is 9.18 Å². The van der Waals surface area contributed by atoms with Gasteiger partial charge >= 0.3 is 0 Å². The SMILES string of the molecule is Nc1cc(F)ccc1NC(=O)c1ccccn1. The Hall–Kier alpha value is -2.43. The van der Waals surface area contributed by atoms with Gasteiger partial charge in [-0.15, -0.1) is 0 Å². The minimum absolute atomic E-state index is 0.175. The molecule has 3 N–H and O–H groups in total. The molecule has 0 unspecified atom stereocenters. The molecule has 0 radical (unpaired) electrons. The van der Waals surface area contributed by atoms with Gasteiger partial charge in [-0.3, -0.25) is 9.78 Å². The molecule has 2 aromatic rings. The van der Waals surface area contributed by atoms with Crippen molar-refractivity contribution >= 4 is 17.3 Å². The predicted molar refractivity (Wildman–Crippen MR) is 63.0 cm³/mol. The molecule has 2 rings (SSSR count). The summed E-state index contributed by atoms with van der Waals surface area (Å²) in [6.45, 7) is 0. The van der Waals surface area contributed by atoms with Gasteiger partial charge in [0.15, 0.2) is 0 Å². The van der Waals surface area contributed by atoms with E-state index in [4.69, 9.17) is 5.73 Å². The van der Waals surface area contributed by atoms with Gasteiger partial charge in [0.2, 0.25) is 0 Å². The van der Waals surface area contributed by atoms with Crippen LogP contribution < -0.4 is 11.1 Å². The summed E-state index contributed by atoms with van der Waals surface area (Å²) in [5, 5.41) is 2.56. The van der Waals surface area contributed by atoms with E-state index in [1.165, 1.54) is 18.3 Å². The summed E-state index contributed by atoms with van der Waals surface area (Å²) < 4.78 is 12.8. The Morgan fingerprint density at radius 1 is 1.29 bits per heavy atom. The summed E-state index contributed by atoms with van der Waals surface area (Å²) >= 11 is 0. The summed E-state index contributed by atoms with van der Waals surface area (Å²) in [6.07, 6.45) is 1.52. The Bertz CT molecular complexity index is 543. The molecule has 0 spiro atoms. The van der Waals surface area contributed by atoms with E-state index >= 15 is 0 Å². The van der Waals surface area contributed by atoms with Crippen LogP contribution in [0.25, 0.3) is 0 Å². The van der Waals surface area contributed by atoms with Gasteiger partial charge < -0.3 is 11.1 Å². The van der Waals surface area contributed by atoms with Gasteiger partial charge in [-0.05, 0) is 30.3 Å². The fraction of sp³-hybridized carbons (Fsp3) is 0. The Morgan fingerprint density at radius 2 is 2.12 bits per heavy atom. The van der Waals surface area contributed by atoms with Crippen LogP contribution in [0.5, 0.6) is 0 Å². The quantitative estimate of drug-likeness (QED) is 0.777. The molecule has 0 saturated heterocycles. The summed E-state index contributed by atoms with van der Waals surface area (Å²) in [5.74, 6) is -0.831. The molecule has 0 aliphatic carbocycles. The number of pyridine rings is 1. The van der Waals surface area contributed by atoms with Crippen LogP contribution in [-0.4, -0.2) is 10.9 Å². The number of nitrogens with one attached hydrogen (secondary N) is 1. The number of amides is 1. The van der Waals surface area contributed by atoms with Crippen molar-refractivity contribution in [3.63, 3.8) is 0 Å². The first-order chi connectivity index (χ1) is 8.16. The highest BCUT2D eigenvalue weighted by molar-refractivity contribution is 6.04. The maximum Gasteiger partial charge on any atom is 0.274 e. The van der Waals surface area contributed by atoms with Crippen molar-refractivity contribution in [2.45, 2.75) is 0 Å². The molecule has 86 valence electrons. The standard InChI is InChI=1S/C12H10FN3O/c13-8-4-5-10(9(14)7-8)16-12(17)11-3-1-2-6-15-11/h1-7H,14H2,(H,16,17). The molecule has 0 fully saturated rings. The highest BCUT2D eigenvalue weighted by Gasteiger charge is 2.08. The molecule has 0 bridgehead atoms. The zero-order valence-corrected chi connectivity index (χ0v) is 8.85. The first-order valence-electron chi connectivity index (χ1n) is 4.94. The van der Waals surface area contributed by atoms with Gasteiger partial charge in [0.1, 0.15) is 11.5 Å². The molecular weight excluding hydrogens is 221 g/mol. The first-order valence-corrected chi connectivity index (χ1v) is 4.94. The molecule has 1 aromatic carbocycles. The molecule has 0 atom stereocenters. The third-order valence-electron chi connectivity index (χ3n) is 2.16. The number of carbonyl (C=O) groups excluding carboxylic acids is 1. The van der Waals surface area contributed by atoms with Gasteiger partial charge in [0.25, 0.3) is 5.91 Å². The molecule has 0 aliphatic rings. The molecule has 17 heavy (non-hydrogen) atoms. The molecule has 5 heteroatoms. The lowest BCUT2D eigenvalue weighted by Crippen LogP contribution is -2.14. The number of hydrogen-bond donors (Lipinski definition) is 2. The average molecular weight is 231 g/mol. The van der Waals surface area contributed by atoms with Crippen molar-refractivity contribution in [2.75, 3.05) is 11.1 Å². The van der Waals surface area contributed by atoms with E-state index in [1.54, 1.807) is 18.2 Å². The summed E-state index contributed by atoms with van der Waals surface area (Å²) in [5.41, 5.74) is 6.39. The highest BCUT2D eigenvalue weighted by atomic mass is 19.1. The number of carbonyl (C=O) groups is 1. The van der Waals surface area contributed by atoms with E-state index in [2.05, 4.69) is 10.3 Å². The zero-order chi connectivity index (χ0) is 12.3. The largest absolute Gasteiger partial charge is 0.397 e. The van der Waals surface area contributed by atoms with Crippen molar-refractivity contribution in [1.29, 1.82) is 0 Å². The first kappa shape index (κ1) is 11.1. The van der Waals surface area contributed by atoms with Crippen LogP contribution in [0.2, 0.25) is 0 Å². The number of aromatic nitrogens is 1. The van der Waals surface area contributed by atoms with Crippen molar-refractivity contribution in [3.8, 4) is 0 Å². The van der Waals surface area contributed by atoms with Crippen molar-refractivity contribution in [2.24, 2.45) is 0 Å². The molecule has 1 heterocycles. The van der Waals surface area contributed by atoms with Crippen LogP contribution in [0.3, 0.4) is 0 Å². The van der Waals surface area contributed by atoms with E-state index in [0.29, 0.717) is 5.69 Å². The van der Waals surface area contributed by atoms with Crippen LogP contribution in [0, 0.1) is 5.82 Å². The van der Waals surface area contributed by atoms with Crippen LogP contribution in [0.15, 0.2) is 42.6 Å². The second kappa shape index (κ2) is 4.61. The molecular formula is C12H10FN3O. The summed E-state index contributed by atoms with van der Waals surface area (Å²) in [6, 6.07) is 8.78. The number of benzene rings is 1. The van der Waals surface area contributed by atoms with Crippen molar-refractivity contribution in [1.82, 2.24) is 4.98 Å². The topological polar surface area (TPSA) is 68.0 Å². The maximum absolute atomic E-state index is 12.8. The van der Waals surface area contributed by atoms with E-state index in [0.717, 1.165) is 6.07 Å². The Kier molecular flexibility index (Phi) is 3.00. The zero-order valence-electron chi connectivity index (χ0n) is 8.85. The number of halogens is 1. The number of nitrogens with two attached hydrogens (primary N) is 1. The molecule has 0 saturated carbocycles. The van der Waals surface area contributed by atoms with E-state index < -0.39 is 5.82 Å². The van der Waals surface area contributed by atoms with E-state index in [1.807, 2.05) is 0 Å². The average Bonchev–Trinajstić information content (AvgIpc) is 2.34. The molecule has 1 aromatic heterocycles. The van der Waals surface area contributed by atoms with Gasteiger partial charge in [-0.1, -0.05) is 6.07 Å². The lowest BCUT2D eigenvalue weighted by Gasteiger charge is -2.07. The smallest absolute Gasteiger partial charge is 0.274 e. The third-order valence-corrected chi connectivity index (χ3v) is 2.16. The minimum Gasteiger partial charge on any atom is -0.397 e.